The molecule has 1 fully saturated rings. The fourth-order valence-electron chi connectivity index (χ4n) is 5.27. The molecule has 2 heterocycles. The lowest BCUT2D eigenvalue weighted by atomic mass is 9.80. The largest absolute Gasteiger partial charge is 0.466 e. The van der Waals surface area contributed by atoms with Gasteiger partial charge in [-0.25, -0.2) is 9.59 Å². The summed E-state index contributed by atoms with van der Waals surface area (Å²) >= 11 is 5.38. The number of methoxy groups -OCH3 is 2. The van der Waals surface area contributed by atoms with E-state index < -0.39 is 58.1 Å². The average Bonchev–Trinajstić information content (AvgIpc) is 3.13. The lowest BCUT2D eigenvalue weighted by Crippen LogP contribution is -2.35. The molecule has 0 spiro atoms. The van der Waals surface area contributed by atoms with Crippen LogP contribution < -0.4 is 0 Å². The van der Waals surface area contributed by atoms with Crippen molar-refractivity contribution in [1.82, 2.24) is 0 Å². The Bertz CT molecular complexity index is 1250. The molecule has 11 heteroatoms. The molecule has 4 rings (SSSR count). The van der Waals surface area contributed by atoms with Crippen LogP contribution in [0, 0.1) is 17.3 Å². The van der Waals surface area contributed by atoms with Gasteiger partial charge in [0, 0.05) is 6.42 Å². The number of benzene rings is 1. The summed E-state index contributed by atoms with van der Waals surface area (Å²) in [7, 11) is 2.35. The van der Waals surface area contributed by atoms with Crippen LogP contribution in [-0.2, 0) is 39.8 Å². The van der Waals surface area contributed by atoms with Gasteiger partial charge in [-0.3, -0.25) is 4.79 Å². The Kier molecular flexibility index (Phi) is 7.26. The van der Waals surface area contributed by atoms with E-state index in [0.29, 0.717) is 5.57 Å². The van der Waals surface area contributed by atoms with Gasteiger partial charge in [-0.15, -0.1) is 0 Å². The number of carbonyl (C=O) groups excluding carboxylic acids is 3. The van der Waals surface area contributed by atoms with Crippen LogP contribution in [0.4, 0.5) is 13.2 Å². The Hall–Kier alpha value is -3.11. The van der Waals surface area contributed by atoms with E-state index >= 15 is 0 Å². The first-order chi connectivity index (χ1) is 17.8. The van der Waals surface area contributed by atoms with Gasteiger partial charge in [-0.1, -0.05) is 61.9 Å². The number of ether oxygens (including phenoxy) is 4. The van der Waals surface area contributed by atoms with E-state index in [9.17, 15) is 27.6 Å². The summed E-state index contributed by atoms with van der Waals surface area (Å²) in [5.74, 6) is -3.85. The zero-order valence-corrected chi connectivity index (χ0v) is 21.8. The monoisotopic (exact) mass is 554 g/mol. The molecule has 0 saturated heterocycles. The number of fused-ring (bicyclic) bond motifs is 2. The maximum absolute atomic E-state index is 12.9. The zero-order valence-electron chi connectivity index (χ0n) is 21.1. The molecule has 4 atom stereocenters. The number of halogens is 4. The maximum atomic E-state index is 12.9. The summed E-state index contributed by atoms with van der Waals surface area (Å²) in [5, 5.41) is -1.29. The van der Waals surface area contributed by atoms with Gasteiger partial charge in [-0.2, -0.15) is 13.2 Å². The van der Waals surface area contributed by atoms with E-state index in [4.69, 9.17) is 30.5 Å². The van der Waals surface area contributed by atoms with E-state index in [1.165, 1.54) is 14.2 Å². The van der Waals surface area contributed by atoms with Crippen molar-refractivity contribution in [2.75, 3.05) is 20.8 Å². The third kappa shape index (κ3) is 4.87. The first-order valence-electron chi connectivity index (χ1n) is 11.7. The summed E-state index contributed by atoms with van der Waals surface area (Å²) in [5.41, 5.74) is -0.981. The number of rotatable bonds is 8. The van der Waals surface area contributed by atoms with Crippen LogP contribution in [0.3, 0.4) is 0 Å². The van der Waals surface area contributed by atoms with E-state index in [1.54, 1.807) is 19.9 Å². The third-order valence-electron chi connectivity index (χ3n) is 7.28. The number of carbonyl (C=O) groups is 3. The molecule has 1 aromatic rings. The molecule has 1 saturated carbocycles. The fourth-order valence-corrected chi connectivity index (χ4v) is 5.40. The fraction of sp³-hybridized carbons (Fsp3) is 0.444. The Balaban J connectivity index is 1.59. The van der Waals surface area contributed by atoms with Gasteiger partial charge < -0.3 is 18.9 Å². The van der Waals surface area contributed by atoms with Crippen molar-refractivity contribution >= 4 is 29.5 Å². The van der Waals surface area contributed by atoms with Crippen molar-refractivity contribution in [2.24, 2.45) is 17.3 Å². The zero-order chi connectivity index (χ0) is 28.0. The van der Waals surface area contributed by atoms with Crippen LogP contribution in [0.1, 0.15) is 19.4 Å². The van der Waals surface area contributed by atoms with Gasteiger partial charge in [0.15, 0.2) is 0 Å². The normalized spacial score (nSPS) is 27.6. The highest BCUT2D eigenvalue weighted by Crippen LogP contribution is 2.60. The highest BCUT2D eigenvalue weighted by atomic mass is 35.5. The van der Waals surface area contributed by atoms with E-state index in [-0.39, 0.29) is 24.2 Å². The molecule has 1 aromatic carbocycles. The maximum Gasteiger partial charge on any atom is 0.426 e. The summed E-state index contributed by atoms with van der Waals surface area (Å²) < 4.78 is 60.2. The SMILES string of the molecule is COC(=O)C1=C(C(=O)OC)C2(Cc3ccccc3)C=C(COC(=O)C3C(/C=C(\Cl)C(F)(F)F)C3(C)C)C1O2. The minimum Gasteiger partial charge on any atom is -0.466 e. The predicted octanol–water partition coefficient (Wildman–Crippen LogP) is 4.45. The Morgan fingerprint density at radius 2 is 1.71 bits per heavy atom. The highest BCUT2D eigenvalue weighted by Gasteiger charge is 2.63. The Labute approximate surface area is 222 Å². The van der Waals surface area contributed by atoms with Crippen LogP contribution in [0.2, 0.25) is 0 Å². The topological polar surface area (TPSA) is 88.1 Å². The van der Waals surface area contributed by atoms with Crippen LogP contribution >= 0.6 is 11.6 Å². The second-order valence-electron chi connectivity index (χ2n) is 9.99. The molecular formula is C27H26ClF3O7. The second kappa shape index (κ2) is 9.89. The molecule has 2 bridgehead atoms. The van der Waals surface area contributed by atoms with Gasteiger partial charge in [0.05, 0.1) is 31.3 Å². The molecule has 0 amide bonds. The van der Waals surface area contributed by atoms with Crippen molar-refractivity contribution in [2.45, 2.75) is 38.1 Å². The first-order valence-corrected chi connectivity index (χ1v) is 12.1. The molecule has 0 radical (unpaired) electrons. The van der Waals surface area contributed by atoms with Crippen LogP contribution in [-0.4, -0.2) is 56.6 Å². The van der Waals surface area contributed by atoms with Crippen LogP contribution in [0.15, 0.2) is 64.2 Å². The van der Waals surface area contributed by atoms with E-state index in [2.05, 4.69) is 0 Å². The minimum atomic E-state index is -4.71. The number of hydrogen-bond acceptors (Lipinski definition) is 7. The first kappa shape index (κ1) is 27.9. The third-order valence-corrected chi connectivity index (χ3v) is 7.63. The summed E-state index contributed by atoms with van der Waals surface area (Å²) in [4.78, 5) is 38.4. The van der Waals surface area contributed by atoms with Gasteiger partial charge >= 0.3 is 24.1 Å². The van der Waals surface area contributed by atoms with Crippen LogP contribution in [0.25, 0.3) is 0 Å². The van der Waals surface area contributed by atoms with Crippen molar-refractivity contribution < 1.29 is 46.5 Å². The molecule has 7 nitrogen and oxygen atoms in total. The lowest BCUT2D eigenvalue weighted by Gasteiger charge is -2.26. The van der Waals surface area contributed by atoms with Gasteiger partial charge in [-0.05, 0) is 28.5 Å². The number of allylic oxidation sites excluding steroid dienone is 2. The molecule has 4 unspecified atom stereocenters. The van der Waals surface area contributed by atoms with Gasteiger partial charge in [0.25, 0.3) is 0 Å². The standard InChI is InChI=1S/C27H26ClF3O7/c1-25(2)16(10-17(28)27(29,30)31)19(25)24(34)37-13-15-12-26(11-14-8-6-5-7-9-14)20(23(33)36-4)18(21(15)38-26)22(32)35-3/h5-10,12,16,19,21H,11,13H2,1-4H3/b17-10-. The highest BCUT2D eigenvalue weighted by molar-refractivity contribution is 6.30. The molecule has 204 valence electrons. The summed E-state index contributed by atoms with van der Waals surface area (Å²) in [6.45, 7) is 3.00. The van der Waals surface area contributed by atoms with E-state index in [1.807, 2.05) is 30.3 Å². The molecule has 0 N–H and O–H groups in total. The smallest absolute Gasteiger partial charge is 0.426 e. The van der Waals surface area contributed by atoms with E-state index in [0.717, 1.165) is 11.6 Å². The molecule has 2 aliphatic heterocycles. The summed E-state index contributed by atoms with van der Waals surface area (Å²) in [6, 6.07) is 9.12. The second-order valence-corrected chi connectivity index (χ2v) is 10.4. The number of esters is 3. The predicted molar refractivity (Wildman–Crippen MR) is 129 cm³/mol. The summed E-state index contributed by atoms with van der Waals surface area (Å²) in [6.07, 6.45) is -3.09. The minimum absolute atomic E-state index is 0.00565. The lowest BCUT2D eigenvalue weighted by molar-refractivity contribution is -0.145. The molecule has 38 heavy (non-hydrogen) atoms. The number of alkyl halides is 3. The molecule has 3 aliphatic rings. The Morgan fingerprint density at radius 1 is 1.08 bits per heavy atom. The van der Waals surface area contributed by atoms with Crippen molar-refractivity contribution in [1.29, 1.82) is 0 Å². The molecule has 1 aliphatic carbocycles. The van der Waals surface area contributed by atoms with Crippen LogP contribution in [0.5, 0.6) is 0 Å². The molecular weight excluding hydrogens is 529 g/mol. The molecule has 0 aromatic heterocycles. The quantitative estimate of drug-likeness (QED) is 0.266. The van der Waals surface area contributed by atoms with Crippen molar-refractivity contribution in [3.05, 3.63) is 69.8 Å². The number of hydrogen-bond donors (Lipinski definition) is 0. The van der Waals surface area contributed by atoms with Crippen molar-refractivity contribution in [3.63, 3.8) is 0 Å². The van der Waals surface area contributed by atoms with Gasteiger partial charge in [0.2, 0.25) is 0 Å². The van der Waals surface area contributed by atoms with Crippen molar-refractivity contribution in [3.8, 4) is 0 Å². The Morgan fingerprint density at radius 3 is 2.29 bits per heavy atom. The van der Waals surface area contributed by atoms with Gasteiger partial charge in [0.1, 0.15) is 23.3 Å². The average molecular weight is 555 g/mol.